The number of carbonyl (C=O) groups excluding carboxylic acids is 1. The highest BCUT2D eigenvalue weighted by Gasteiger charge is 2.46. The Morgan fingerprint density at radius 1 is 1.42 bits per heavy atom. The Kier molecular flexibility index (Phi) is 4.69. The van der Waals surface area contributed by atoms with Crippen LogP contribution in [0.3, 0.4) is 0 Å². The van der Waals surface area contributed by atoms with Crippen LogP contribution in [0, 0.1) is 12.8 Å². The quantitative estimate of drug-likeness (QED) is 0.859. The number of hydrogen-bond acceptors (Lipinski definition) is 7. The summed E-state index contributed by atoms with van der Waals surface area (Å²) in [5.74, 6) is 1.00. The fourth-order valence-corrected chi connectivity index (χ4v) is 3.67. The lowest BCUT2D eigenvalue weighted by Gasteiger charge is -2.52. The van der Waals surface area contributed by atoms with E-state index < -0.39 is 0 Å². The summed E-state index contributed by atoms with van der Waals surface area (Å²) < 4.78 is 11.3. The monoisotopic (exact) mass is 357 g/mol. The maximum absolute atomic E-state index is 12.0. The molecule has 0 aliphatic carbocycles. The Bertz CT molecular complexity index is 747. The fourth-order valence-electron chi connectivity index (χ4n) is 3.67. The molecule has 1 unspecified atom stereocenters. The van der Waals surface area contributed by atoms with Gasteiger partial charge in [-0.2, -0.15) is 0 Å². The number of ether oxygens (including phenoxy) is 1. The Morgan fingerprint density at radius 3 is 2.96 bits per heavy atom. The molecule has 1 N–H and O–H groups in total. The summed E-state index contributed by atoms with van der Waals surface area (Å²) in [7, 11) is 0. The zero-order valence-corrected chi connectivity index (χ0v) is 14.9. The maximum atomic E-state index is 12.0. The van der Waals surface area contributed by atoms with E-state index in [1.165, 1.54) is 12.4 Å². The van der Waals surface area contributed by atoms with E-state index in [4.69, 9.17) is 9.26 Å². The van der Waals surface area contributed by atoms with Gasteiger partial charge in [0.05, 0.1) is 24.1 Å². The third-order valence-corrected chi connectivity index (χ3v) is 5.07. The summed E-state index contributed by atoms with van der Waals surface area (Å²) in [6.07, 6.45) is 6.62. The summed E-state index contributed by atoms with van der Waals surface area (Å²) in [6, 6.07) is 1.97. The van der Waals surface area contributed by atoms with Crippen molar-refractivity contribution in [1.82, 2.24) is 25.3 Å². The zero-order valence-electron chi connectivity index (χ0n) is 14.9. The molecule has 0 saturated carbocycles. The molecular weight excluding hydrogens is 334 g/mol. The molecule has 2 fully saturated rings. The minimum atomic E-state index is -0.184. The molecule has 0 radical (unpaired) electrons. The Balaban J connectivity index is 1.18. The fraction of sp³-hybridized carbons (Fsp3) is 0.556. The van der Waals surface area contributed by atoms with Crippen molar-refractivity contribution in [2.75, 3.05) is 26.2 Å². The molecule has 26 heavy (non-hydrogen) atoms. The SMILES string of the molecule is Cc1cc(CN2CC3(CCC(CNC(=O)c4cnccn4)CO3)C2)no1. The lowest BCUT2D eigenvalue weighted by atomic mass is 9.83. The van der Waals surface area contributed by atoms with Crippen molar-refractivity contribution >= 4 is 5.91 Å². The number of rotatable bonds is 5. The number of likely N-dealkylation sites (tertiary alicyclic amines) is 1. The minimum Gasteiger partial charge on any atom is -0.372 e. The van der Waals surface area contributed by atoms with Gasteiger partial charge in [0.2, 0.25) is 0 Å². The summed E-state index contributed by atoms with van der Waals surface area (Å²) in [4.78, 5) is 22.3. The number of amides is 1. The second-order valence-corrected chi connectivity index (χ2v) is 7.27. The summed E-state index contributed by atoms with van der Waals surface area (Å²) in [5.41, 5.74) is 1.29. The number of aryl methyl sites for hydroxylation is 1. The highest BCUT2D eigenvalue weighted by Crippen LogP contribution is 2.36. The van der Waals surface area contributed by atoms with E-state index in [-0.39, 0.29) is 11.5 Å². The van der Waals surface area contributed by atoms with Crippen molar-refractivity contribution in [2.24, 2.45) is 5.92 Å². The second-order valence-electron chi connectivity index (χ2n) is 7.27. The minimum absolute atomic E-state index is 0.0236. The van der Waals surface area contributed by atoms with Crippen LogP contribution in [0.2, 0.25) is 0 Å². The van der Waals surface area contributed by atoms with E-state index in [1.807, 2.05) is 13.0 Å². The molecule has 0 aromatic carbocycles. The van der Waals surface area contributed by atoms with Gasteiger partial charge in [-0.1, -0.05) is 5.16 Å². The molecule has 2 aromatic heterocycles. The molecule has 8 heteroatoms. The van der Waals surface area contributed by atoms with E-state index in [2.05, 4.69) is 25.3 Å². The smallest absolute Gasteiger partial charge is 0.271 e. The molecule has 1 atom stereocenters. The van der Waals surface area contributed by atoms with Crippen molar-refractivity contribution in [3.05, 3.63) is 41.8 Å². The van der Waals surface area contributed by atoms with Crippen LogP contribution in [0.5, 0.6) is 0 Å². The summed E-state index contributed by atoms with van der Waals surface area (Å²) >= 11 is 0. The normalized spacial score (nSPS) is 22.1. The molecule has 2 aliphatic heterocycles. The van der Waals surface area contributed by atoms with Crippen LogP contribution in [-0.2, 0) is 11.3 Å². The van der Waals surface area contributed by atoms with Crippen molar-refractivity contribution in [3.8, 4) is 0 Å². The molecule has 2 aliphatic rings. The number of carbonyl (C=O) groups is 1. The highest BCUT2D eigenvalue weighted by molar-refractivity contribution is 5.91. The molecule has 1 amide bonds. The molecule has 8 nitrogen and oxygen atoms in total. The first-order valence-corrected chi connectivity index (χ1v) is 8.95. The van der Waals surface area contributed by atoms with E-state index >= 15 is 0 Å². The topological polar surface area (TPSA) is 93.4 Å². The van der Waals surface area contributed by atoms with Gasteiger partial charge in [-0.25, -0.2) is 4.98 Å². The van der Waals surface area contributed by atoms with Crippen molar-refractivity contribution in [2.45, 2.75) is 31.9 Å². The van der Waals surface area contributed by atoms with Crippen LogP contribution in [0.1, 0.15) is 34.8 Å². The maximum Gasteiger partial charge on any atom is 0.271 e. The molecule has 1 spiro atoms. The predicted octanol–water partition coefficient (Wildman–Crippen LogP) is 1.18. The number of hydrogen-bond donors (Lipinski definition) is 1. The first kappa shape index (κ1) is 17.1. The first-order valence-electron chi connectivity index (χ1n) is 8.95. The number of aromatic nitrogens is 3. The molecule has 2 saturated heterocycles. The largest absolute Gasteiger partial charge is 0.372 e. The van der Waals surface area contributed by atoms with E-state index in [1.54, 1.807) is 6.20 Å². The third-order valence-electron chi connectivity index (χ3n) is 5.07. The van der Waals surface area contributed by atoms with Gasteiger partial charge in [-0.15, -0.1) is 0 Å². The van der Waals surface area contributed by atoms with Crippen LogP contribution in [0.4, 0.5) is 0 Å². The number of nitrogens with zero attached hydrogens (tertiary/aromatic N) is 4. The average Bonchev–Trinajstić information content (AvgIpc) is 3.05. The van der Waals surface area contributed by atoms with Crippen LogP contribution >= 0.6 is 0 Å². The molecule has 2 aromatic rings. The van der Waals surface area contributed by atoms with Gasteiger partial charge < -0.3 is 14.6 Å². The Morgan fingerprint density at radius 2 is 2.31 bits per heavy atom. The summed E-state index contributed by atoms with van der Waals surface area (Å²) in [5, 5.41) is 6.97. The van der Waals surface area contributed by atoms with E-state index in [0.717, 1.165) is 43.9 Å². The van der Waals surface area contributed by atoms with Gasteiger partial charge in [0, 0.05) is 44.6 Å². The van der Waals surface area contributed by atoms with Crippen LogP contribution in [-0.4, -0.2) is 57.8 Å². The highest BCUT2D eigenvalue weighted by atomic mass is 16.5. The van der Waals surface area contributed by atoms with E-state index in [9.17, 15) is 4.79 Å². The molecule has 4 rings (SSSR count). The first-order chi connectivity index (χ1) is 12.6. The van der Waals surface area contributed by atoms with E-state index in [0.29, 0.717) is 24.8 Å². The standard InChI is InChI=1S/C18H23N5O3/c1-13-6-15(22-26-13)9-23-11-18(12-23)3-2-14(10-25-18)7-21-17(24)16-8-19-4-5-20-16/h4-6,8,14H,2-3,7,9-12H2,1H3,(H,21,24). The van der Waals surface area contributed by atoms with Crippen molar-refractivity contribution in [1.29, 1.82) is 0 Å². The van der Waals surface area contributed by atoms with Gasteiger partial charge in [-0.3, -0.25) is 14.7 Å². The molecule has 138 valence electrons. The molecular formula is C18H23N5O3. The third kappa shape index (κ3) is 3.76. The molecule has 4 heterocycles. The average molecular weight is 357 g/mol. The Labute approximate surface area is 151 Å². The lowest BCUT2D eigenvalue weighted by molar-refractivity contribution is -0.181. The summed E-state index contributed by atoms with van der Waals surface area (Å²) in [6.45, 7) is 5.85. The van der Waals surface area contributed by atoms with Gasteiger partial charge in [0.1, 0.15) is 11.5 Å². The van der Waals surface area contributed by atoms with Gasteiger partial charge >= 0.3 is 0 Å². The van der Waals surface area contributed by atoms with Gasteiger partial charge in [0.25, 0.3) is 5.91 Å². The Hall–Kier alpha value is -2.32. The zero-order chi connectivity index (χ0) is 18.0. The van der Waals surface area contributed by atoms with Crippen molar-refractivity contribution < 1.29 is 14.1 Å². The molecule has 0 bridgehead atoms. The van der Waals surface area contributed by atoms with Gasteiger partial charge in [-0.05, 0) is 25.7 Å². The second kappa shape index (κ2) is 7.13. The van der Waals surface area contributed by atoms with Gasteiger partial charge in [0.15, 0.2) is 0 Å². The van der Waals surface area contributed by atoms with Crippen LogP contribution in [0.25, 0.3) is 0 Å². The van der Waals surface area contributed by atoms with Crippen LogP contribution in [0.15, 0.2) is 29.2 Å². The van der Waals surface area contributed by atoms with Crippen molar-refractivity contribution in [3.63, 3.8) is 0 Å². The predicted molar refractivity (Wildman–Crippen MR) is 92.3 cm³/mol. The van der Waals surface area contributed by atoms with Crippen LogP contribution < -0.4 is 5.32 Å². The number of nitrogens with one attached hydrogen (secondary N) is 1. The lowest BCUT2D eigenvalue weighted by Crippen LogP contribution is -2.64.